The minimum atomic E-state index is -1.18. The highest BCUT2D eigenvalue weighted by atomic mass is 35.5. The van der Waals surface area contributed by atoms with Gasteiger partial charge in [0.05, 0.1) is 28.6 Å². The van der Waals surface area contributed by atoms with Crippen LogP contribution in [0.4, 0.5) is 0 Å². The third kappa shape index (κ3) is 4.19. The number of carbonyl (C=O) groups is 2. The van der Waals surface area contributed by atoms with Gasteiger partial charge in [-0.2, -0.15) is 0 Å². The molecule has 3 aromatic rings. The first kappa shape index (κ1) is 19.6. The highest BCUT2D eigenvalue weighted by Gasteiger charge is 2.26. The molecule has 1 aliphatic rings. The number of aromatic carboxylic acids is 1. The normalized spacial score (nSPS) is 14.7. The summed E-state index contributed by atoms with van der Waals surface area (Å²) >= 11 is 7.30. The molecule has 0 atom stereocenters. The van der Waals surface area contributed by atoms with Crippen molar-refractivity contribution in [2.45, 2.75) is 13.0 Å². The minimum absolute atomic E-state index is 0.0374. The van der Waals surface area contributed by atoms with Gasteiger partial charge >= 0.3 is 5.97 Å². The molecule has 29 heavy (non-hydrogen) atoms. The molecule has 0 aromatic carbocycles. The minimum Gasteiger partial charge on any atom is -0.477 e. The number of thiophene rings is 1. The van der Waals surface area contributed by atoms with Gasteiger partial charge in [-0.25, -0.2) is 9.78 Å². The van der Waals surface area contributed by atoms with Gasteiger partial charge in [0.2, 0.25) is 0 Å². The largest absolute Gasteiger partial charge is 0.477 e. The van der Waals surface area contributed by atoms with E-state index in [0.29, 0.717) is 48.5 Å². The number of imidazole rings is 1. The monoisotopic (exact) mass is 436 g/mol. The number of halogens is 1. The molecule has 9 nitrogen and oxygen atoms in total. The molecule has 3 aromatic heterocycles. The van der Waals surface area contributed by atoms with E-state index < -0.39 is 5.97 Å². The van der Waals surface area contributed by atoms with Crippen LogP contribution in [0.25, 0.3) is 10.6 Å². The van der Waals surface area contributed by atoms with E-state index in [1.165, 1.54) is 22.1 Å². The Morgan fingerprint density at radius 2 is 2.14 bits per heavy atom. The smallest absolute Gasteiger partial charge is 0.354 e. The highest BCUT2D eigenvalue weighted by Crippen LogP contribution is 2.31. The van der Waals surface area contributed by atoms with Crippen molar-refractivity contribution >= 4 is 34.8 Å². The number of hydrogen-bond acceptors (Lipinski definition) is 7. The molecule has 0 radical (unpaired) electrons. The third-order valence-electron chi connectivity index (χ3n) is 4.47. The lowest BCUT2D eigenvalue weighted by molar-refractivity contribution is 0.0683. The highest BCUT2D eigenvalue weighted by molar-refractivity contribution is 7.19. The fourth-order valence-corrected chi connectivity index (χ4v) is 4.07. The molecule has 0 aliphatic carbocycles. The Morgan fingerprint density at radius 1 is 1.28 bits per heavy atom. The molecule has 0 spiro atoms. The number of hydrogen-bond donors (Lipinski definition) is 1. The fourth-order valence-electron chi connectivity index (χ4n) is 3.08. The van der Waals surface area contributed by atoms with Crippen LogP contribution in [0.15, 0.2) is 28.9 Å². The molecule has 1 fully saturated rings. The first-order valence-corrected chi connectivity index (χ1v) is 10.1. The van der Waals surface area contributed by atoms with Crippen LogP contribution in [0.1, 0.15) is 33.2 Å². The van der Waals surface area contributed by atoms with Crippen molar-refractivity contribution < 1.29 is 24.0 Å². The molecule has 0 saturated carbocycles. The Hall–Kier alpha value is -2.69. The second-order valence-corrected chi connectivity index (χ2v) is 8.12. The molecule has 4 heterocycles. The van der Waals surface area contributed by atoms with Gasteiger partial charge in [-0.15, -0.1) is 11.3 Å². The van der Waals surface area contributed by atoms with Gasteiger partial charge in [-0.3, -0.25) is 4.79 Å². The number of rotatable bonds is 5. The van der Waals surface area contributed by atoms with Crippen molar-refractivity contribution in [3.8, 4) is 10.6 Å². The van der Waals surface area contributed by atoms with Crippen LogP contribution < -0.4 is 0 Å². The molecule has 0 unspecified atom stereocenters. The molecular formula is C18H17ClN4O5S. The topological polar surface area (TPSA) is 111 Å². The molecule has 4 rings (SSSR count). The van der Waals surface area contributed by atoms with Crippen LogP contribution in [0.5, 0.6) is 0 Å². The second-order valence-electron chi connectivity index (χ2n) is 6.40. The van der Waals surface area contributed by atoms with Gasteiger partial charge in [0.15, 0.2) is 11.6 Å². The van der Waals surface area contributed by atoms with E-state index in [0.717, 1.165) is 4.88 Å². The predicted octanol–water partition coefficient (Wildman–Crippen LogP) is 2.86. The second kappa shape index (κ2) is 8.36. The van der Waals surface area contributed by atoms with Crippen molar-refractivity contribution in [1.82, 2.24) is 19.6 Å². The third-order valence-corrected chi connectivity index (χ3v) is 5.72. The number of ether oxygens (including phenoxy) is 1. The number of aromatic nitrogens is 3. The van der Waals surface area contributed by atoms with E-state index in [1.807, 2.05) is 6.07 Å². The van der Waals surface area contributed by atoms with Crippen LogP contribution in [-0.4, -0.2) is 62.9 Å². The molecule has 152 valence electrons. The van der Waals surface area contributed by atoms with E-state index in [2.05, 4.69) is 10.1 Å². The van der Waals surface area contributed by atoms with Crippen molar-refractivity contribution in [3.05, 3.63) is 45.9 Å². The Morgan fingerprint density at radius 3 is 2.90 bits per heavy atom. The van der Waals surface area contributed by atoms with E-state index in [4.69, 9.17) is 20.9 Å². The average molecular weight is 437 g/mol. The zero-order valence-corrected chi connectivity index (χ0v) is 16.8. The fraction of sp³-hybridized carbons (Fsp3) is 0.333. The number of carboxylic acids is 1. The predicted molar refractivity (Wildman–Crippen MR) is 104 cm³/mol. The summed E-state index contributed by atoms with van der Waals surface area (Å²) in [6.45, 7) is 2.03. The van der Waals surface area contributed by atoms with Gasteiger partial charge in [0, 0.05) is 25.8 Å². The lowest BCUT2D eigenvalue weighted by Crippen LogP contribution is -2.35. The maximum absolute atomic E-state index is 13.0. The maximum Gasteiger partial charge on any atom is 0.354 e. The van der Waals surface area contributed by atoms with Crippen LogP contribution in [0, 0.1) is 0 Å². The van der Waals surface area contributed by atoms with Crippen LogP contribution in [0.3, 0.4) is 0 Å². The van der Waals surface area contributed by atoms with Gasteiger partial charge < -0.3 is 23.8 Å². The summed E-state index contributed by atoms with van der Waals surface area (Å²) in [5.74, 6) is -0.944. The number of nitrogens with zero attached hydrogens (tertiary/aromatic N) is 4. The van der Waals surface area contributed by atoms with Crippen molar-refractivity contribution in [3.63, 3.8) is 0 Å². The lowest BCUT2D eigenvalue weighted by atomic mass is 10.3. The molecule has 1 amide bonds. The van der Waals surface area contributed by atoms with E-state index in [9.17, 15) is 14.7 Å². The Kier molecular flexibility index (Phi) is 5.65. The number of carbonyl (C=O) groups excluding carboxylic acids is 1. The Labute approximate surface area is 174 Å². The summed E-state index contributed by atoms with van der Waals surface area (Å²) in [4.78, 5) is 31.1. The first-order chi connectivity index (χ1) is 14.0. The molecule has 1 aliphatic heterocycles. The quantitative estimate of drug-likeness (QED) is 0.654. The number of carboxylic acid groups (broad SMARTS) is 1. The molecular weight excluding hydrogens is 420 g/mol. The van der Waals surface area contributed by atoms with Gasteiger partial charge in [-0.1, -0.05) is 16.8 Å². The maximum atomic E-state index is 13.0. The zero-order valence-electron chi connectivity index (χ0n) is 15.2. The SMILES string of the molecule is O=C(O)c1cnc(C(=O)N2CCCOCC2)n1Cc1cc(-c2ccc(Cl)s2)on1. The average Bonchev–Trinajstić information content (AvgIpc) is 3.37. The van der Waals surface area contributed by atoms with Gasteiger partial charge in [-0.05, 0) is 18.6 Å². The molecule has 0 bridgehead atoms. The van der Waals surface area contributed by atoms with Crippen molar-refractivity contribution in [2.24, 2.45) is 0 Å². The van der Waals surface area contributed by atoms with Crippen molar-refractivity contribution in [2.75, 3.05) is 26.3 Å². The Bertz CT molecular complexity index is 1030. The zero-order chi connectivity index (χ0) is 20.4. The van der Waals surface area contributed by atoms with Crippen LogP contribution >= 0.6 is 22.9 Å². The lowest BCUT2D eigenvalue weighted by Gasteiger charge is -2.19. The molecule has 1 N–H and O–H groups in total. The Balaban J connectivity index is 1.62. The van der Waals surface area contributed by atoms with Gasteiger partial charge in [0.1, 0.15) is 11.4 Å². The van der Waals surface area contributed by atoms with Crippen LogP contribution in [-0.2, 0) is 11.3 Å². The summed E-state index contributed by atoms with van der Waals surface area (Å²) in [5.41, 5.74) is 0.376. The number of amides is 1. The molecule has 11 heteroatoms. The van der Waals surface area contributed by atoms with Crippen molar-refractivity contribution in [1.29, 1.82) is 0 Å². The summed E-state index contributed by atoms with van der Waals surface area (Å²) in [5, 5.41) is 13.5. The van der Waals surface area contributed by atoms with Crippen LogP contribution in [0.2, 0.25) is 4.34 Å². The van der Waals surface area contributed by atoms with Gasteiger partial charge in [0.25, 0.3) is 5.91 Å². The standard InChI is InChI=1S/C18H17ClN4O5S/c19-15-3-2-14(29-15)13-8-11(21-28-13)10-23-12(18(25)26)9-20-16(23)17(24)22-4-1-6-27-7-5-22/h2-3,8-9H,1,4-7,10H2,(H,25,26). The summed E-state index contributed by atoms with van der Waals surface area (Å²) < 4.78 is 12.7. The summed E-state index contributed by atoms with van der Waals surface area (Å²) in [6, 6.07) is 5.26. The summed E-state index contributed by atoms with van der Waals surface area (Å²) in [7, 11) is 0. The van der Waals surface area contributed by atoms with E-state index in [1.54, 1.807) is 17.0 Å². The first-order valence-electron chi connectivity index (χ1n) is 8.90. The summed E-state index contributed by atoms with van der Waals surface area (Å²) in [6.07, 6.45) is 1.90. The molecule has 1 saturated heterocycles. The van der Waals surface area contributed by atoms with E-state index in [-0.39, 0.29) is 24.0 Å². The van der Waals surface area contributed by atoms with E-state index >= 15 is 0 Å².